The van der Waals surface area contributed by atoms with Crippen LogP contribution < -0.4 is 5.73 Å². The molecule has 1 saturated heterocycles. The molecule has 94 valence electrons. The number of carbonyl (C=O) groups is 1. The lowest BCUT2D eigenvalue weighted by Crippen LogP contribution is -2.39. The quantitative estimate of drug-likeness (QED) is 0.745. The molecule has 1 unspecified atom stereocenters. The summed E-state index contributed by atoms with van der Waals surface area (Å²) < 4.78 is 0. The highest BCUT2D eigenvalue weighted by Crippen LogP contribution is 2.18. The van der Waals surface area contributed by atoms with Crippen molar-refractivity contribution in [3.8, 4) is 0 Å². The van der Waals surface area contributed by atoms with E-state index in [2.05, 4.69) is 18.7 Å². The van der Waals surface area contributed by atoms with E-state index in [1.807, 2.05) is 4.90 Å². The average Bonchev–Trinajstić information content (AvgIpc) is 2.65. The Balaban J connectivity index is 2.39. The maximum Gasteiger partial charge on any atom is 0.219 e. The van der Waals surface area contributed by atoms with E-state index >= 15 is 0 Å². The van der Waals surface area contributed by atoms with Crippen LogP contribution >= 0.6 is 0 Å². The lowest BCUT2D eigenvalue weighted by atomic mass is 10.1. The number of hydrogen-bond donors (Lipinski definition) is 1. The Morgan fingerprint density at radius 3 is 2.69 bits per heavy atom. The predicted molar refractivity (Wildman–Crippen MR) is 66.1 cm³/mol. The molecular formula is C12H25N3O. The number of amides is 1. The van der Waals surface area contributed by atoms with Gasteiger partial charge in [-0.25, -0.2) is 0 Å². The van der Waals surface area contributed by atoms with Crippen LogP contribution in [0.25, 0.3) is 0 Å². The molecule has 1 atom stereocenters. The van der Waals surface area contributed by atoms with Gasteiger partial charge in [0.1, 0.15) is 0 Å². The van der Waals surface area contributed by atoms with Gasteiger partial charge in [0.15, 0.2) is 0 Å². The van der Waals surface area contributed by atoms with Gasteiger partial charge in [-0.3, -0.25) is 9.69 Å². The summed E-state index contributed by atoms with van der Waals surface area (Å²) in [6, 6.07) is 0.537. The highest BCUT2D eigenvalue weighted by atomic mass is 16.2. The minimum atomic E-state index is 0.206. The van der Waals surface area contributed by atoms with Crippen molar-refractivity contribution in [2.75, 3.05) is 32.7 Å². The maximum absolute atomic E-state index is 11.2. The summed E-state index contributed by atoms with van der Waals surface area (Å²) in [4.78, 5) is 15.6. The molecule has 1 rings (SSSR count). The predicted octanol–water partition coefficient (Wildman–Crippen LogP) is 0.524. The molecule has 1 amide bonds. The minimum absolute atomic E-state index is 0.206. The first-order valence-electron chi connectivity index (χ1n) is 6.24. The van der Waals surface area contributed by atoms with Crippen molar-refractivity contribution < 1.29 is 4.79 Å². The number of likely N-dealkylation sites (tertiary alicyclic amines) is 1. The van der Waals surface area contributed by atoms with E-state index in [4.69, 9.17) is 5.73 Å². The Morgan fingerprint density at radius 2 is 2.25 bits per heavy atom. The monoisotopic (exact) mass is 227 g/mol. The number of rotatable bonds is 5. The van der Waals surface area contributed by atoms with Crippen molar-refractivity contribution >= 4 is 5.91 Å². The second-order valence-corrected chi connectivity index (χ2v) is 5.00. The third kappa shape index (κ3) is 3.76. The Morgan fingerprint density at radius 1 is 1.56 bits per heavy atom. The van der Waals surface area contributed by atoms with Crippen LogP contribution in [0.2, 0.25) is 0 Å². The largest absolute Gasteiger partial charge is 0.343 e. The highest BCUT2D eigenvalue weighted by Gasteiger charge is 2.26. The summed E-state index contributed by atoms with van der Waals surface area (Å²) >= 11 is 0. The third-order valence-electron chi connectivity index (χ3n) is 3.37. The fourth-order valence-corrected chi connectivity index (χ4v) is 2.33. The molecule has 0 saturated carbocycles. The average molecular weight is 227 g/mol. The van der Waals surface area contributed by atoms with Gasteiger partial charge in [0.2, 0.25) is 5.91 Å². The van der Waals surface area contributed by atoms with E-state index in [0.717, 1.165) is 32.6 Å². The van der Waals surface area contributed by atoms with E-state index in [1.165, 1.54) is 0 Å². The van der Waals surface area contributed by atoms with Crippen LogP contribution in [0.1, 0.15) is 27.2 Å². The maximum atomic E-state index is 11.2. The second kappa shape index (κ2) is 6.21. The molecule has 1 heterocycles. The molecule has 0 radical (unpaired) electrons. The third-order valence-corrected chi connectivity index (χ3v) is 3.37. The zero-order valence-corrected chi connectivity index (χ0v) is 10.8. The fourth-order valence-electron chi connectivity index (χ4n) is 2.33. The van der Waals surface area contributed by atoms with E-state index in [9.17, 15) is 4.79 Å². The lowest BCUT2D eigenvalue weighted by Gasteiger charge is -2.28. The summed E-state index contributed by atoms with van der Waals surface area (Å²) in [5, 5.41) is 0. The van der Waals surface area contributed by atoms with Gasteiger partial charge >= 0.3 is 0 Å². The first-order chi connectivity index (χ1) is 7.54. The molecule has 0 aliphatic carbocycles. The topological polar surface area (TPSA) is 49.6 Å². The van der Waals surface area contributed by atoms with E-state index in [-0.39, 0.29) is 5.91 Å². The molecule has 0 spiro atoms. The molecular weight excluding hydrogens is 202 g/mol. The van der Waals surface area contributed by atoms with Crippen LogP contribution in [0, 0.1) is 5.92 Å². The normalized spacial score (nSPS) is 21.1. The van der Waals surface area contributed by atoms with Crippen molar-refractivity contribution in [1.29, 1.82) is 0 Å². The van der Waals surface area contributed by atoms with Gasteiger partial charge in [0, 0.05) is 45.7 Å². The van der Waals surface area contributed by atoms with E-state index < -0.39 is 0 Å². The van der Waals surface area contributed by atoms with Crippen molar-refractivity contribution in [3.63, 3.8) is 0 Å². The first-order valence-corrected chi connectivity index (χ1v) is 6.24. The molecule has 1 fully saturated rings. The number of nitrogens with two attached hydrogens (primary N) is 1. The van der Waals surface area contributed by atoms with E-state index in [1.54, 1.807) is 6.92 Å². The molecule has 16 heavy (non-hydrogen) atoms. The lowest BCUT2D eigenvalue weighted by molar-refractivity contribution is -0.127. The van der Waals surface area contributed by atoms with Gasteiger partial charge in [-0.15, -0.1) is 0 Å². The van der Waals surface area contributed by atoms with Gasteiger partial charge in [-0.1, -0.05) is 0 Å². The standard InChI is InChI=1S/C12H25N3O/c1-10(2)14(7-5-13)8-12-4-6-15(9-12)11(3)16/h10,12H,4-9,13H2,1-3H3. The van der Waals surface area contributed by atoms with Crippen LogP contribution in [0.3, 0.4) is 0 Å². The van der Waals surface area contributed by atoms with Crippen LogP contribution in [0.4, 0.5) is 0 Å². The summed E-state index contributed by atoms with van der Waals surface area (Å²) in [7, 11) is 0. The second-order valence-electron chi connectivity index (χ2n) is 5.00. The molecule has 1 aliphatic heterocycles. The number of hydrogen-bond acceptors (Lipinski definition) is 3. The Labute approximate surface area is 98.8 Å². The number of carbonyl (C=O) groups excluding carboxylic acids is 1. The van der Waals surface area contributed by atoms with Crippen LogP contribution in [0.15, 0.2) is 0 Å². The smallest absolute Gasteiger partial charge is 0.219 e. The summed E-state index contributed by atoms with van der Waals surface area (Å²) in [6.45, 7) is 10.6. The summed E-state index contributed by atoms with van der Waals surface area (Å²) in [5.41, 5.74) is 5.61. The molecule has 4 nitrogen and oxygen atoms in total. The SMILES string of the molecule is CC(=O)N1CCC(CN(CCN)C(C)C)C1. The summed E-state index contributed by atoms with van der Waals surface area (Å²) in [6.07, 6.45) is 1.13. The van der Waals surface area contributed by atoms with E-state index in [0.29, 0.717) is 18.5 Å². The van der Waals surface area contributed by atoms with Crippen LogP contribution in [-0.2, 0) is 4.79 Å². The van der Waals surface area contributed by atoms with Gasteiger partial charge in [-0.05, 0) is 26.2 Å². The van der Waals surface area contributed by atoms with Gasteiger partial charge in [0.25, 0.3) is 0 Å². The van der Waals surface area contributed by atoms with Gasteiger partial charge in [0.05, 0.1) is 0 Å². The van der Waals surface area contributed by atoms with Crippen molar-refractivity contribution in [3.05, 3.63) is 0 Å². The van der Waals surface area contributed by atoms with Crippen molar-refractivity contribution in [1.82, 2.24) is 9.80 Å². The Hall–Kier alpha value is -0.610. The molecule has 0 bridgehead atoms. The molecule has 0 aromatic carbocycles. The fraction of sp³-hybridized carbons (Fsp3) is 0.917. The number of nitrogens with zero attached hydrogens (tertiary/aromatic N) is 2. The van der Waals surface area contributed by atoms with Crippen LogP contribution in [-0.4, -0.2) is 54.5 Å². The Kier molecular flexibility index (Phi) is 5.22. The highest BCUT2D eigenvalue weighted by molar-refractivity contribution is 5.73. The van der Waals surface area contributed by atoms with Crippen molar-refractivity contribution in [2.45, 2.75) is 33.2 Å². The van der Waals surface area contributed by atoms with Gasteiger partial charge in [-0.2, -0.15) is 0 Å². The molecule has 2 N–H and O–H groups in total. The zero-order chi connectivity index (χ0) is 12.1. The molecule has 1 aliphatic rings. The molecule has 4 heteroatoms. The van der Waals surface area contributed by atoms with Crippen LogP contribution in [0.5, 0.6) is 0 Å². The molecule has 0 aromatic rings. The summed E-state index contributed by atoms with van der Waals surface area (Å²) in [5.74, 6) is 0.829. The zero-order valence-electron chi connectivity index (χ0n) is 10.8. The first kappa shape index (κ1) is 13.5. The van der Waals surface area contributed by atoms with Gasteiger partial charge < -0.3 is 10.6 Å². The van der Waals surface area contributed by atoms with Crippen molar-refractivity contribution in [2.24, 2.45) is 11.7 Å². The minimum Gasteiger partial charge on any atom is -0.343 e. The molecule has 0 aromatic heterocycles. The Bertz CT molecular complexity index is 230.